The Morgan fingerprint density at radius 3 is 1.79 bits per heavy atom. The molecule has 0 bridgehead atoms. The summed E-state index contributed by atoms with van der Waals surface area (Å²) in [5.74, 6) is 1.25. The lowest BCUT2D eigenvalue weighted by Gasteiger charge is -2.40. The Hall–Kier alpha value is 1.35. The Bertz CT molecular complexity index is 272. The van der Waals surface area contributed by atoms with Crippen molar-refractivity contribution in [3.8, 4) is 0 Å². The third-order valence-electron chi connectivity index (χ3n) is 4.71. The number of hydrogen-bond donors (Lipinski definition) is 0. The third kappa shape index (κ3) is 4.66. The molecule has 0 unspecified atom stereocenters. The highest BCUT2D eigenvalue weighted by atomic mass is 32.9. The van der Waals surface area contributed by atoms with Crippen LogP contribution in [0.3, 0.4) is 0 Å². The van der Waals surface area contributed by atoms with Gasteiger partial charge >= 0.3 is 0 Å². The van der Waals surface area contributed by atoms with Gasteiger partial charge in [0.2, 0.25) is 0 Å². The van der Waals surface area contributed by atoms with Gasteiger partial charge in [-0.15, -0.1) is 11.4 Å². The molecule has 0 radical (unpaired) electrons. The van der Waals surface area contributed by atoms with E-state index in [-0.39, 0.29) is 0 Å². The quantitative estimate of drug-likeness (QED) is 0.309. The first-order valence-corrected chi connectivity index (χ1v) is 13.8. The fourth-order valence-corrected chi connectivity index (χ4v) is 15.5. The molecule has 0 N–H and O–H groups in total. The molecule has 0 saturated heterocycles. The van der Waals surface area contributed by atoms with Gasteiger partial charge in [-0.05, 0) is 42.8 Å². The maximum absolute atomic E-state index is 6.42. The van der Waals surface area contributed by atoms with Gasteiger partial charge in [-0.3, -0.25) is 0 Å². The van der Waals surface area contributed by atoms with Gasteiger partial charge in [0, 0.05) is 10.3 Å². The van der Waals surface area contributed by atoms with Crippen molar-refractivity contribution in [3.63, 3.8) is 0 Å². The molecular weight excluding hydrogens is 307 g/mol. The summed E-state index contributed by atoms with van der Waals surface area (Å²) in [6.45, 7) is 2.27. The molecule has 4 heteroatoms. The Morgan fingerprint density at radius 2 is 1.37 bits per heavy atom. The largest absolute Gasteiger partial charge is 0.151 e. The molecule has 0 spiro atoms. The highest BCUT2D eigenvalue weighted by Crippen LogP contribution is 2.71. The van der Waals surface area contributed by atoms with E-state index in [1.54, 1.807) is 0 Å². The molecule has 0 aromatic carbocycles. The van der Waals surface area contributed by atoms with Crippen LogP contribution in [0.4, 0.5) is 0 Å². The van der Waals surface area contributed by atoms with E-state index in [0.29, 0.717) is 0 Å². The normalized spacial score (nSPS) is 23.6. The van der Waals surface area contributed by atoms with Crippen molar-refractivity contribution in [1.82, 2.24) is 0 Å². The highest BCUT2D eigenvalue weighted by Gasteiger charge is 2.37. The zero-order valence-electron chi connectivity index (χ0n) is 12.3. The van der Waals surface area contributed by atoms with Crippen LogP contribution in [0.2, 0.25) is 0 Å². The van der Waals surface area contributed by atoms with E-state index < -0.39 is 5.24 Å². The molecule has 0 aromatic rings. The van der Waals surface area contributed by atoms with Crippen LogP contribution < -0.4 is 0 Å². The first kappa shape index (κ1) is 16.7. The molecule has 2 aliphatic rings. The fraction of sp³-hybridized carbons (Fsp3) is 1.00. The lowest BCUT2D eigenvalue weighted by atomic mass is 10.00. The summed E-state index contributed by atoms with van der Waals surface area (Å²) in [4.78, 5) is 0. The second kappa shape index (κ2) is 8.71. The minimum Gasteiger partial charge on any atom is -0.151 e. The van der Waals surface area contributed by atoms with Gasteiger partial charge < -0.3 is 0 Å². The van der Waals surface area contributed by atoms with Crippen LogP contribution in [0.15, 0.2) is 0 Å². The molecule has 0 amide bonds. The van der Waals surface area contributed by atoms with E-state index in [2.05, 4.69) is 30.1 Å². The number of rotatable bonds is 6. The third-order valence-corrected chi connectivity index (χ3v) is 16.4. The monoisotopic (exact) mass is 336 g/mol. The minimum atomic E-state index is -1.17. The molecule has 0 aliphatic heterocycles. The molecular formula is C15H29PS3. The van der Waals surface area contributed by atoms with E-state index in [4.69, 9.17) is 11.8 Å². The zero-order valence-corrected chi connectivity index (χ0v) is 15.7. The van der Waals surface area contributed by atoms with E-state index in [0.717, 1.165) is 11.3 Å². The van der Waals surface area contributed by atoms with Crippen LogP contribution in [0.1, 0.15) is 71.1 Å². The summed E-state index contributed by atoms with van der Waals surface area (Å²) in [5.41, 5.74) is 1.86. The van der Waals surface area contributed by atoms with Gasteiger partial charge in [0.15, 0.2) is 0 Å². The van der Waals surface area contributed by atoms with Gasteiger partial charge in [-0.1, -0.05) is 57.3 Å². The van der Waals surface area contributed by atoms with Crippen LogP contribution in [0.25, 0.3) is 0 Å². The van der Waals surface area contributed by atoms with Gasteiger partial charge in [-0.25, -0.2) is 0 Å². The van der Waals surface area contributed by atoms with E-state index in [9.17, 15) is 0 Å². The van der Waals surface area contributed by atoms with E-state index in [1.807, 2.05) is 0 Å². The smallest absolute Gasteiger partial charge is 0.0441 e. The lowest BCUT2D eigenvalue weighted by molar-refractivity contribution is 0.488. The predicted molar refractivity (Wildman–Crippen MR) is 98.6 cm³/mol. The minimum absolute atomic E-state index is 0.932. The second-order valence-electron chi connectivity index (χ2n) is 5.97. The van der Waals surface area contributed by atoms with Gasteiger partial charge in [0.25, 0.3) is 0 Å². The molecule has 19 heavy (non-hydrogen) atoms. The summed E-state index contributed by atoms with van der Waals surface area (Å²) in [6.07, 6.45) is 14.6. The maximum Gasteiger partial charge on any atom is 0.0441 e. The van der Waals surface area contributed by atoms with Crippen molar-refractivity contribution in [2.45, 2.75) is 82.4 Å². The summed E-state index contributed by atoms with van der Waals surface area (Å²) >= 11 is 10.8. The van der Waals surface area contributed by atoms with Crippen molar-refractivity contribution in [1.29, 1.82) is 0 Å². The first-order valence-electron chi connectivity index (χ1n) is 8.09. The first-order chi connectivity index (χ1) is 9.27. The molecule has 0 atom stereocenters. The summed E-state index contributed by atoms with van der Waals surface area (Å²) < 4.78 is 0. The van der Waals surface area contributed by atoms with Gasteiger partial charge in [-0.2, -0.15) is 11.8 Å². The van der Waals surface area contributed by atoms with Crippen LogP contribution in [-0.2, 0) is 11.8 Å². The Kier molecular flexibility index (Phi) is 7.66. The van der Waals surface area contributed by atoms with Crippen molar-refractivity contribution >= 4 is 40.2 Å². The van der Waals surface area contributed by atoms with Crippen LogP contribution in [-0.4, -0.2) is 22.2 Å². The summed E-state index contributed by atoms with van der Waals surface area (Å²) in [7, 11) is 0. The molecule has 2 aliphatic carbocycles. The Balaban J connectivity index is 2.03. The van der Waals surface area contributed by atoms with E-state index in [1.165, 1.54) is 75.0 Å². The van der Waals surface area contributed by atoms with Crippen molar-refractivity contribution in [3.05, 3.63) is 0 Å². The fourth-order valence-electron chi connectivity index (χ4n) is 3.59. The Labute approximate surface area is 133 Å². The molecule has 0 aromatic heterocycles. The molecule has 2 rings (SSSR count). The molecule has 0 nitrogen and oxygen atoms in total. The van der Waals surface area contributed by atoms with Crippen molar-refractivity contribution < 1.29 is 0 Å². The number of thioether (sulfide) groups is 1. The molecule has 2 saturated carbocycles. The van der Waals surface area contributed by atoms with Gasteiger partial charge in [0.05, 0.1) is 0 Å². The topological polar surface area (TPSA) is 0 Å². The predicted octanol–water partition coefficient (Wildman–Crippen LogP) is 6.49. The molecule has 112 valence electrons. The SMILES string of the molecule is CCSCSP(=S)(C1CCCCC1)C1CCCCC1. The number of hydrogen-bond acceptors (Lipinski definition) is 3. The van der Waals surface area contributed by atoms with Crippen molar-refractivity contribution in [2.24, 2.45) is 0 Å². The standard InChI is InChI=1S/C15H29PS3/c1-2-18-13-19-16(17,14-9-5-3-6-10-14)15-11-7-4-8-12-15/h14-15H,2-13H2,1H3. The maximum atomic E-state index is 6.42. The average Bonchev–Trinajstić information content (AvgIpc) is 2.49. The summed E-state index contributed by atoms with van der Waals surface area (Å²) in [6, 6.07) is 0. The lowest BCUT2D eigenvalue weighted by Crippen LogP contribution is -2.21. The molecule has 2 fully saturated rings. The van der Waals surface area contributed by atoms with Crippen molar-refractivity contribution in [2.75, 3.05) is 10.8 Å². The second-order valence-corrected chi connectivity index (χ2v) is 16.0. The van der Waals surface area contributed by atoms with E-state index >= 15 is 0 Å². The Morgan fingerprint density at radius 1 is 0.895 bits per heavy atom. The average molecular weight is 337 g/mol. The van der Waals surface area contributed by atoms with Crippen LogP contribution >= 0.6 is 28.4 Å². The highest BCUT2D eigenvalue weighted by molar-refractivity contribution is 8.72. The zero-order chi connectivity index (χ0) is 13.6. The summed E-state index contributed by atoms with van der Waals surface area (Å²) in [5, 5.41) is 0.0939. The van der Waals surface area contributed by atoms with Gasteiger partial charge in [0.1, 0.15) is 0 Å². The van der Waals surface area contributed by atoms with Crippen LogP contribution in [0.5, 0.6) is 0 Å². The van der Waals surface area contributed by atoms with Crippen LogP contribution in [0, 0.1) is 0 Å². The molecule has 0 heterocycles.